The highest BCUT2D eigenvalue weighted by atomic mass is 13.9. The van der Waals surface area contributed by atoms with Gasteiger partial charge in [-0.2, -0.15) is 0 Å². The summed E-state index contributed by atoms with van der Waals surface area (Å²) >= 11 is 0. The van der Waals surface area contributed by atoms with Gasteiger partial charge in [-0.15, -0.1) is 0 Å². The maximum atomic E-state index is 2.22. The molecule has 0 N–H and O–H groups in total. The highest BCUT2D eigenvalue weighted by Crippen LogP contribution is 1.93. The maximum Gasteiger partial charge on any atom is -0.0474 e. The Morgan fingerprint density at radius 1 is 0.471 bits per heavy atom. The second-order valence-corrected chi connectivity index (χ2v) is 1.80. The largest absolute Gasteiger partial charge is 0.0683 e. The molecule has 0 unspecified atom stereocenters. The molecule has 17 heavy (non-hydrogen) atoms. The summed E-state index contributed by atoms with van der Waals surface area (Å²) in [7, 11) is 0. The maximum absolute atomic E-state index is 2.22. The lowest BCUT2D eigenvalue weighted by atomic mass is 10.2. The summed E-state index contributed by atoms with van der Waals surface area (Å²) in [5, 5.41) is 0. The summed E-state index contributed by atoms with van der Waals surface area (Å²) < 4.78 is 0. The fourth-order valence-electron chi connectivity index (χ4n) is 0. The van der Waals surface area contributed by atoms with Crippen LogP contribution in [-0.2, 0) is 0 Å². The highest BCUT2D eigenvalue weighted by Gasteiger charge is 1.80. The zero-order valence-corrected chi connectivity index (χ0v) is 16.3. The minimum Gasteiger partial charge on any atom is -0.0683 e. The Labute approximate surface area is 117 Å². The Morgan fingerprint density at radius 3 is 0.529 bits per heavy atom. The summed E-state index contributed by atoms with van der Waals surface area (Å²) in [5.74, 6) is 0.884. The fraction of sp³-hybridized carbons (Fsp3) is 1.00. The van der Waals surface area contributed by atoms with Crippen LogP contribution in [-0.4, -0.2) is 0 Å². The molecule has 0 spiro atoms. The van der Waals surface area contributed by atoms with Gasteiger partial charge in [-0.25, -0.2) is 0 Å². The van der Waals surface area contributed by atoms with Gasteiger partial charge in [-0.05, 0) is 5.92 Å². The molecule has 0 aromatic rings. The van der Waals surface area contributed by atoms with Gasteiger partial charge < -0.3 is 0 Å². The van der Waals surface area contributed by atoms with E-state index in [1.54, 1.807) is 0 Å². The minimum absolute atomic E-state index is 0.884. The zero-order valence-electron chi connectivity index (χ0n) is 16.3. The smallest absolute Gasteiger partial charge is 0.0474 e. The van der Waals surface area contributed by atoms with E-state index in [1.807, 2.05) is 83.1 Å². The third kappa shape index (κ3) is 784. The first kappa shape index (κ1) is 43.5. The van der Waals surface area contributed by atoms with E-state index in [0.29, 0.717) is 0 Å². The molecule has 0 aromatic heterocycles. The van der Waals surface area contributed by atoms with Crippen molar-refractivity contribution in [3.8, 4) is 0 Å². The van der Waals surface area contributed by atoms with Gasteiger partial charge in [0.05, 0.1) is 0 Å². The molecule has 0 aliphatic rings. The van der Waals surface area contributed by atoms with Crippen LogP contribution in [0.1, 0.15) is 110 Å². The van der Waals surface area contributed by atoms with Crippen molar-refractivity contribution in [2.24, 2.45) is 5.92 Å². The van der Waals surface area contributed by atoms with Crippen LogP contribution in [0.2, 0.25) is 0 Å². The average Bonchev–Trinajstić information content (AvgIpc) is 2.51. The molecule has 0 fully saturated rings. The van der Waals surface area contributed by atoms with E-state index in [4.69, 9.17) is 0 Å². The minimum atomic E-state index is 0.884. The van der Waals surface area contributed by atoms with Gasteiger partial charge in [-0.1, -0.05) is 110 Å². The number of hydrogen-bond donors (Lipinski definition) is 0. The Kier molecular flexibility index (Phi) is 576. The molecule has 0 aromatic carbocycles. The topological polar surface area (TPSA) is 0 Å². The van der Waals surface area contributed by atoms with Crippen LogP contribution in [0, 0.1) is 5.92 Å². The number of hydrogen-bond acceptors (Lipinski definition) is 0. The van der Waals surface area contributed by atoms with Gasteiger partial charge in [-0.3, -0.25) is 0 Å². The van der Waals surface area contributed by atoms with Crippen LogP contribution in [0.4, 0.5) is 0 Å². The van der Waals surface area contributed by atoms with Gasteiger partial charge in [0.25, 0.3) is 0 Å². The Bertz CT molecular complexity index is 14.0. The van der Waals surface area contributed by atoms with Crippen molar-refractivity contribution >= 4 is 0 Å². The van der Waals surface area contributed by atoms with E-state index < -0.39 is 0 Å². The summed E-state index contributed by atoms with van der Waals surface area (Å²) in [6.45, 7) is 30.6. The SMILES string of the molecule is CC.CC.CC.CC.CC.CC.CCC(C)C. The summed E-state index contributed by atoms with van der Waals surface area (Å²) in [6.07, 6.45) is 1.31. The standard InChI is InChI=1S/C5H12.6C2H6/c1-4-5(2)3;6*1-2/h5H,4H2,1-3H3;6*1-2H3. The van der Waals surface area contributed by atoms with E-state index >= 15 is 0 Å². The number of rotatable bonds is 1. The molecular weight excluding hydrogens is 204 g/mol. The molecule has 0 amide bonds. The fourth-order valence-corrected chi connectivity index (χ4v) is 0. The molecule has 0 bridgehead atoms. The third-order valence-corrected chi connectivity index (χ3v) is 0.816. The summed E-state index contributed by atoms with van der Waals surface area (Å²) in [6, 6.07) is 0. The van der Waals surface area contributed by atoms with Gasteiger partial charge in [0.15, 0.2) is 0 Å². The second kappa shape index (κ2) is 225. The summed E-state index contributed by atoms with van der Waals surface area (Å²) in [4.78, 5) is 0. The first-order valence-corrected chi connectivity index (χ1v) is 8.27. The van der Waals surface area contributed by atoms with Gasteiger partial charge in [0.1, 0.15) is 0 Å². The van der Waals surface area contributed by atoms with Crippen molar-refractivity contribution in [1.82, 2.24) is 0 Å². The third-order valence-electron chi connectivity index (χ3n) is 0.816. The normalized spacial score (nSPS) is 4.94. The van der Waals surface area contributed by atoms with Crippen molar-refractivity contribution in [3.05, 3.63) is 0 Å². The van der Waals surface area contributed by atoms with E-state index in [0.717, 1.165) is 5.92 Å². The monoisotopic (exact) mass is 252 g/mol. The van der Waals surface area contributed by atoms with Crippen LogP contribution in [0.5, 0.6) is 0 Å². The quantitative estimate of drug-likeness (QED) is 0.441. The van der Waals surface area contributed by atoms with Crippen molar-refractivity contribution in [2.75, 3.05) is 0 Å². The molecule has 0 nitrogen and oxygen atoms in total. The first-order chi connectivity index (χ1) is 8.27. The Hall–Kier alpha value is 0. The predicted octanol–water partition coefficient (Wildman–Crippen LogP) is 8.21. The van der Waals surface area contributed by atoms with E-state index in [2.05, 4.69) is 20.8 Å². The van der Waals surface area contributed by atoms with Gasteiger partial charge in [0.2, 0.25) is 0 Å². The lowest BCUT2D eigenvalue weighted by molar-refractivity contribution is 0.626. The van der Waals surface area contributed by atoms with E-state index in [-0.39, 0.29) is 0 Å². The van der Waals surface area contributed by atoms with Gasteiger partial charge >= 0.3 is 0 Å². The van der Waals surface area contributed by atoms with Crippen LogP contribution in [0.25, 0.3) is 0 Å². The predicted molar refractivity (Wildman–Crippen MR) is 93.2 cm³/mol. The molecule has 0 radical (unpaired) electrons. The molecular formula is C17H48. The molecule has 0 heterocycles. The lowest BCUT2D eigenvalue weighted by Gasteiger charge is -1.90. The van der Waals surface area contributed by atoms with E-state index in [1.165, 1.54) is 6.42 Å². The van der Waals surface area contributed by atoms with Crippen LogP contribution in [0.15, 0.2) is 0 Å². The molecule has 0 aliphatic carbocycles. The van der Waals surface area contributed by atoms with Crippen LogP contribution in [0.3, 0.4) is 0 Å². The molecule has 0 saturated heterocycles. The highest BCUT2D eigenvalue weighted by molar-refractivity contribution is 4.32. The zero-order chi connectivity index (χ0) is 16.3. The van der Waals surface area contributed by atoms with Crippen molar-refractivity contribution in [1.29, 1.82) is 0 Å². The van der Waals surface area contributed by atoms with Gasteiger partial charge in [0, 0.05) is 0 Å². The van der Waals surface area contributed by atoms with Crippen molar-refractivity contribution in [2.45, 2.75) is 110 Å². The molecule has 0 rings (SSSR count). The Morgan fingerprint density at radius 2 is 0.529 bits per heavy atom. The second-order valence-electron chi connectivity index (χ2n) is 1.80. The van der Waals surface area contributed by atoms with E-state index in [9.17, 15) is 0 Å². The van der Waals surface area contributed by atoms with Crippen molar-refractivity contribution in [3.63, 3.8) is 0 Å². The molecule has 0 saturated carbocycles. The molecule has 0 aliphatic heterocycles. The van der Waals surface area contributed by atoms with Crippen LogP contribution < -0.4 is 0 Å². The Balaban J connectivity index is -0.0000000147. The average molecular weight is 253 g/mol. The summed E-state index contributed by atoms with van der Waals surface area (Å²) in [5.41, 5.74) is 0. The molecule has 116 valence electrons. The first-order valence-electron chi connectivity index (χ1n) is 8.27. The van der Waals surface area contributed by atoms with Crippen molar-refractivity contribution < 1.29 is 0 Å². The molecule has 0 atom stereocenters. The lowest BCUT2D eigenvalue weighted by Crippen LogP contribution is -1.77. The molecule has 0 heteroatoms. The van der Waals surface area contributed by atoms with Crippen LogP contribution >= 0.6 is 0 Å².